The van der Waals surface area contributed by atoms with Crippen LogP contribution < -0.4 is 4.72 Å². The lowest BCUT2D eigenvalue weighted by Crippen LogP contribution is -2.28. The van der Waals surface area contributed by atoms with E-state index in [2.05, 4.69) is 14.9 Å². The van der Waals surface area contributed by atoms with Crippen molar-refractivity contribution in [3.8, 4) is 0 Å². The molecule has 1 N–H and O–H groups in total. The second-order valence-electron chi connectivity index (χ2n) is 1.49. The van der Waals surface area contributed by atoms with Crippen LogP contribution in [0.2, 0.25) is 0 Å². The van der Waals surface area contributed by atoms with Crippen LogP contribution in [-0.4, -0.2) is 12.6 Å². The van der Waals surface area contributed by atoms with E-state index in [1.165, 1.54) is 0 Å². The lowest BCUT2D eigenvalue weighted by atomic mass is 10.6. The molecule has 0 aromatic rings. The summed E-state index contributed by atoms with van der Waals surface area (Å²) in [6.07, 6.45) is -4.51. The molecule has 1 rings (SSSR count). The molecular weight excluding hydrogens is 167 g/mol. The maximum Gasteiger partial charge on any atom is 0.524 e. The molecule has 0 amide bonds. The summed E-state index contributed by atoms with van der Waals surface area (Å²) >= 11 is 0.942. The first kappa shape index (κ1) is 7.90. The Morgan fingerprint density at radius 1 is 1.60 bits per heavy atom. The van der Waals surface area contributed by atoms with Crippen LogP contribution in [0.4, 0.5) is 13.2 Å². The molecule has 0 saturated heterocycles. The summed E-state index contributed by atoms with van der Waals surface area (Å²) in [4.78, 5) is 0. The second-order valence-corrected chi connectivity index (χ2v) is 2.16. The van der Waals surface area contributed by atoms with Crippen LogP contribution in [0.25, 0.3) is 0 Å². The highest BCUT2D eigenvalue weighted by Gasteiger charge is 2.33. The molecule has 0 saturated carbocycles. The van der Waals surface area contributed by atoms with Crippen LogP contribution in [0.15, 0.2) is 6.08 Å². The fourth-order valence-corrected chi connectivity index (χ4v) is 0.916. The molecule has 57 valence electrons. The fraction of sp³-hybridized carbons (Fsp3) is 0.500. The van der Waals surface area contributed by atoms with Crippen LogP contribution in [0.3, 0.4) is 0 Å². The van der Waals surface area contributed by atoms with Crippen molar-refractivity contribution in [2.45, 2.75) is 12.6 Å². The third-order valence-electron chi connectivity index (χ3n) is 0.714. The largest absolute Gasteiger partial charge is 0.524 e. The average Bonchev–Trinajstić information content (AvgIpc) is 2.12. The number of nitrogens with one attached hydrogen (secondary N) is 1. The topological polar surface area (TPSA) is 21.3 Å². The zero-order valence-electron chi connectivity index (χ0n) is 4.61. The summed E-state index contributed by atoms with van der Waals surface area (Å²) in [6.45, 7) is 0. The van der Waals surface area contributed by atoms with Crippen LogP contribution in [0.5, 0.6) is 0 Å². The van der Waals surface area contributed by atoms with Crippen LogP contribution >= 0.6 is 11.9 Å². The Balaban J connectivity index is 2.31. The van der Waals surface area contributed by atoms with Crippen molar-refractivity contribution >= 4 is 11.9 Å². The van der Waals surface area contributed by atoms with E-state index in [0.717, 1.165) is 18.0 Å². The molecule has 0 aromatic heterocycles. The number of hydrogen-bond donors (Lipinski definition) is 1. The van der Waals surface area contributed by atoms with Crippen LogP contribution in [0.1, 0.15) is 0 Å². The maximum absolute atomic E-state index is 11.4. The van der Waals surface area contributed by atoms with Crippen LogP contribution in [0, 0.1) is 5.41 Å². The molecule has 1 heterocycles. The van der Waals surface area contributed by atoms with E-state index in [4.69, 9.17) is 0 Å². The minimum Gasteiger partial charge on any atom is -0.269 e. The molecule has 0 fully saturated rings. The van der Waals surface area contributed by atoms with Gasteiger partial charge in [0.2, 0.25) is 0 Å². The Hall–Kier alpha value is -0.200. The Kier molecular flexibility index (Phi) is 2.22. The number of rotatable bonds is 1. The van der Waals surface area contributed by atoms with Crippen molar-refractivity contribution in [3.05, 3.63) is 11.5 Å². The molecule has 0 bridgehead atoms. The molecule has 1 aliphatic rings. The Labute approximate surface area is 59.6 Å². The van der Waals surface area contributed by atoms with Gasteiger partial charge in [0.05, 0.1) is 0 Å². The van der Waals surface area contributed by atoms with Gasteiger partial charge in [-0.25, -0.2) is 4.72 Å². The van der Waals surface area contributed by atoms with Gasteiger partial charge in [0.15, 0.2) is 0 Å². The third-order valence-corrected chi connectivity index (χ3v) is 1.32. The van der Waals surface area contributed by atoms with Crippen molar-refractivity contribution < 1.29 is 17.9 Å². The summed E-state index contributed by atoms with van der Waals surface area (Å²) in [5, 5.41) is 2.45. The van der Waals surface area contributed by atoms with E-state index in [9.17, 15) is 13.2 Å². The number of ether oxygens (including phenoxy) is 1. The smallest absolute Gasteiger partial charge is 0.269 e. The second kappa shape index (κ2) is 2.81. The van der Waals surface area contributed by atoms with Gasteiger partial charge in [-0.05, 0) is 18.0 Å². The molecule has 1 atom stereocenters. The van der Waals surface area contributed by atoms with E-state index in [1.54, 1.807) is 0 Å². The molecule has 1 aliphatic heterocycles. The fourth-order valence-electron chi connectivity index (χ4n) is 0.424. The van der Waals surface area contributed by atoms with Crippen molar-refractivity contribution in [1.29, 1.82) is 0 Å². The molecule has 0 spiro atoms. The highest BCUT2D eigenvalue weighted by atomic mass is 32.2. The predicted octanol–water partition coefficient (Wildman–Crippen LogP) is 1.42. The van der Waals surface area contributed by atoms with Gasteiger partial charge in [-0.1, -0.05) is 0 Å². The normalized spacial score (nSPS) is 25.7. The molecule has 10 heavy (non-hydrogen) atoms. The molecule has 2 nitrogen and oxygen atoms in total. The highest BCUT2D eigenvalue weighted by Crippen LogP contribution is 2.21. The number of hydrogen-bond acceptors (Lipinski definition) is 3. The van der Waals surface area contributed by atoms with Crippen molar-refractivity contribution in [1.82, 2.24) is 4.72 Å². The SMILES string of the molecule is FC(F)(F)OC1C=[C]SN1. The summed E-state index contributed by atoms with van der Waals surface area (Å²) in [5.41, 5.74) is 0. The minimum atomic E-state index is -4.58. The lowest BCUT2D eigenvalue weighted by molar-refractivity contribution is -0.337. The molecular formula is C4H3F3NOS. The van der Waals surface area contributed by atoms with E-state index >= 15 is 0 Å². The zero-order chi connectivity index (χ0) is 7.61. The molecule has 0 aliphatic carbocycles. The first-order valence-electron chi connectivity index (χ1n) is 2.33. The van der Waals surface area contributed by atoms with Gasteiger partial charge in [-0.3, -0.25) is 4.74 Å². The van der Waals surface area contributed by atoms with E-state index < -0.39 is 12.6 Å². The first-order chi connectivity index (χ1) is 4.58. The minimum absolute atomic E-state index is 0.942. The highest BCUT2D eigenvalue weighted by molar-refractivity contribution is 7.99. The molecule has 6 heteroatoms. The van der Waals surface area contributed by atoms with Gasteiger partial charge in [-0.2, -0.15) is 0 Å². The van der Waals surface area contributed by atoms with Gasteiger partial charge in [-0.15, -0.1) is 13.2 Å². The standard InChI is InChI=1S/C4H3F3NOS/c5-4(6,7)9-3-1-2-10-8-3/h1,3,8H. The quantitative estimate of drug-likeness (QED) is 0.601. The number of alkyl halides is 3. The van der Waals surface area contributed by atoms with E-state index in [0.29, 0.717) is 0 Å². The summed E-state index contributed by atoms with van der Waals surface area (Å²) in [7, 11) is 0. The van der Waals surface area contributed by atoms with Gasteiger partial charge < -0.3 is 0 Å². The zero-order valence-corrected chi connectivity index (χ0v) is 5.42. The van der Waals surface area contributed by atoms with E-state index in [-0.39, 0.29) is 0 Å². The molecule has 0 aromatic carbocycles. The number of halogens is 3. The maximum atomic E-state index is 11.4. The van der Waals surface area contributed by atoms with Gasteiger partial charge in [0, 0.05) is 5.41 Å². The Morgan fingerprint density at radius 3 is 2.70 bits per heavy atom. The summed E-state index contributed by atoms with van der Waals surface area (Å²) < 4.78 is 40.0. The van der Waals surface area contributed by atoms with Gasteiger partial charge >= 0.3 is 6.36 Å². The van der Waals surface area contributed by atoms with Crippen molar-refractivity contribution in [3.63, 3.8) is 0 Å². The Bertz CT molecular complexity index is 146. The van der Waals surface area contributed by atoms with Gasteiger partial charge in [0.1, 0.15) is 6.23 Å². The lowest BCUT2D eigenvalue weighted by Gasteiger charge is -2.11. The summed E-state index contributed by atoms with van der Waals surface area (Å²) in [5.74, 6) is 0. The third kappa shape index (κ3) is 2.59. The van der Waals surface area contributed by atoms with Crippen LogP contribution in [-0.2, 0) is 4.74 Å². The first-order valence-corrected chi connectivity index (χ1v) is 3.14. The van der Waals surface area contributed by atoms with Crippen molar-refractivity contribution in [2.24, 2.45) is 0 Å². The predicted molar refractivity (Wildman–Crippen MR) is 29.5 cm³/mol. The van der Waals surface area contributed by atoms with Crippen molar-refractivity contribution in [2.75, 3.05) is 0 Å². The average molecular weight is 170 g/mol. The monoisotopic (exact) mass is 170 g/mol. The summed E-state index contributed by atoms with van der Waals surface area (Å²) in [6, 6.07) is 0. The molecule has 1 unspecified atom stereocenters. The van der Waals surface area contributed by atoms with Gasteiger partial charge in [0.25, 0.3) is 0 Å². The molecule has 1 radical (unpaired) electrons. The Morgan fingerprint density at radius 2 is 2.30 bits per heavy atom. The van der Waals surface area contributed by atoms with E-state index in [1.807, 2.05) is 0 Å².